The molecular weight excluding hydrogens is 238 g/mol. The lowest BCUT2D eigenvalue weighted by molar-refractivity contribution is 0.100. The SMILES string of the molecule is CN(C)C1CCN(c2snc(N)c2C(N)=O)C1. The molecule has 1 aliphatic rings. The fraction of sp³-hybridized carbons (Fsp3) is 0.600. The fourth-order valence-electron chi connectivity index (χ4n) is 2.09. The van der Waals surface area contributed by atoms with E-state index < -0.39 is 5.91 Å². The normalized spacial score (nSPS) is 20.2. The number of aromatic nitrogens is 1. The molecule has 4 N–H and O–H groups in total. The first kappa shape index (κ1) is 12.1. The van der Waals surface area contributed by atoms with Crippen LogP contribution in [-0.4, -0.2) is 48.4 Å². The van der Waals surface area contributed by atoms with E-state index >= 15 is 0 Å². The number of rotatable bonds is 3. The van der Waals surface area contributed by atoms with Crippen molar-refractivity contribution in [2.24, 2.45) is 5.73 Å². The van der Waals surface area contributed by atoms with Crippen molar-refractivity contribution in [2.75, 3.05) is 37.8 Å². The standard InChI is InChI=1S/C10H17N5OS/c1-14(2)6-3-4-15(5-6)10-7(9(12)16)8(11)13-17-10/h6H,3-5H2,1-2H3,(H2,11,13)(H2,12,16). The Morgan fingerprint density at radius 3 is 2.82 bits per heavy atom. The summed E-state index contributed by atoms with van der Waals surface area (Å²) >= 11 is 1.25. The number of nitrogens with two attached hydrogens (primary N) is 2. The van der Waals surface area contributed by atoms with Crippen molar-refractivity contribution in [2.45, 2.75) is 12.5 Å². The molecule has 2 rings (SSSR count). The van der Waals surface area contributed by atoms with Crippen molar-refractivity contribution in [1.82, 2.24) is 9.27 Å². The van der Waals surface area contributed by atoms with Gasteiger partial charge in [-0.1, -0.05) is 0 Å². The molecule has 1 aromatic rings. The maximum atomic E-state index is 11.3. The molecule has 1 atom stereocenters. The van der Waals surface area contributed by atoms with E-state index in [0.29, 0.717) is 11.6 Å². The lowest BCUT2D eigenvalue weighted by Crippen LogP contribution is -2.31. The molecule has 2 heterocycles. The van der Waals surface area contributed by atoms with Crippen LogP contribution in [0.4, 0.5) is 10.8 Å². The molecule has 0 bridgehead atoms. The van der Waals surface area contributed by atoms with Crippen LogP contribution in [0.3, 0.4) is 0 Å². The van der Waals surface area contributed by atoms with E-state index in [1.807, 2.05) is 0 Å². The third-order valence-corrected chi connectivity index (χ3v) is 4.05. The van der Waals surface area contributed by atoms with E-state index in [4.69, 9.17) is 11.5 Å². The van der Waals surface area contributed by atoms with Crippen LogP contribution in [0, 0.1) is 0 Å². The number of nitrogens with zero attached hydrogens (tertiary/aromatic N) is 3. The molecule has 0 aromatic carbocycles. The van der Waals surface area contributed by atoms with Gasteiger partial charge in [0, 0.05) is 19.1 Å². The van der Waals surface area contributed by atoms with E-state index in [0.717, 1.165) is 24.5 Å². The fourth-order valence-corrected chi connectivity index (χ4v) is 2.94. The minimum absolute atomic E-state index is 0.241. The molecular formula is C10H17N5OS. The molecule has 1 amide bonds. The summed E-state index contributed by atoms with van der Waals surface area (Å²) in [5.74, 6) is -0.259. The van der Waals surface area contributed by atoms with Crippen molar-refractivity contribution < 1.29 is 4.79 Å². The van der Waals surface area contributed by atoms with Gasteiger partial charge in [0.1, 0.15) is 10.6 Å². The Morgan fingerprint density at radius 1 is 1.59 bits per heavy atom. The molecule has 1 aliphatic heterocycles. The number of nitrogen functional groups attached to an aromatic ring is 1. The molecule has 0 saturated carbocycles. The van der Waals surface area contributed by atoms with Gasteiger partial charge in [0.25, 0.3) is 5.91 Å². The highest BCUT2D eigenvalue weighted by atomic mass is 32.1. The molecule has 94 valence electrons. The van der Waals surface area contributed by atoms with Gasteiger partial charge in [0.15, 0.2) is 5.82 Å². The van der Waals surface area contributed by atoms with E-state index in [1.165, 1.54) is 11.5 Å². The molecule has 1 saturated heterocycles. The van der Waals surface area contributed by atoms with Crippen molar-refractivity contribution in [3.8, 4) is 0 Å². The van der Waals surface area contributed by atoms with E-state index in [9.17, 15) is 4.79 Å². The van der Waals surface area contributed by atoms with Crippen LogP contribution in [0.2, 0.25) is 0 Å². The number of hydrogen-bond acceptors (Lipinski definition) is 6. The van der Waals surface area contributed by atoms with Gasteiger partial charge in [0.2, 0.25) is 0 Å². The zero-order chi connectivity index (χ0) is 12.6. The predicted molar refractivity (Wildman–Crippen MR) is 69.3 cm³/mol. The molecule has 17 heavy (non-hydrogen) atoms. The van der Waals surface area contributed by atoms with Crippen LogP contribution >= 0.6 is 11.5 Å². The van der Waals surface area contributed by atoms with Crippen molar-refractivity contribution in [3.05, 3.63) is 5.56 Å². The van der Waals surface area contributed by atoms with Crippen molar-refractivity contribution in [3.63, 3.8) is 0 Å². The molecule has 1 fully saturated rings. The van der Waals surface area contributed by atoms with Gasteiger partial charge >= 0.3 is 0 Å². The third-order valence-electron chi connectivity index (χ3n) is 3.13. The van der Waals surface area contributed by atoms with Gasteiger partial charge in [-0.25, -0.2) is 0 Å². The average molecular weight is 255 g/mol. The Balaban J connectivity index is 2.22. The summed E-state index contributed by atoms with van der Waals surface area (Å²) in [6.07, 6.45) is 1.07. The zero-order valence-electron chi connectivity index (χ0n) is 10.0. The minimum Gasteiger partial charge on any atom is -0.382 e. The summed E-state index contributed by atoms with van der Waals surface area (Å²) in [6.45, 7) is 1.79. The van der Waals surface area contributed by atoms with Gasteiger partial charge < -0.3 is 21.3 Å². The Morgan fingerprint density at radius 2 is 2.29 bits per heavy atom. The van der Waals surface area contributed by atoms with Crippen LogP contribution in [0.5, 0.6) is 0 Å². The number of hydrogen-bond donors (Lipinski definition) is 2. The largest absolute Gasteiger partial charge is 0.382 e. The molecule has 0 spiro atoms. The van der Waals surface area contributed by atoms with Gasteiger partial charge in [-0.15, -0.1) is 0 Å². The van der Waals surface area contributed by atoms with Crippen LogP contribution in [-0.2, 0) is 0 Å². The maximum Gasteiger partial charge on any atom is 0.255 e. The monoisotopic (exact) mass is 255 g/mol. The molecule has 0 radical (unpaired) electrons. The summed E-state index contributed by atoms with van der Waals surface area (Å²) in [5.41, 5.74) is 11.4. The second kappa shape index (κ2) is 4.50. The van der Waals surface area contributed by atoms with E-state index in [2.05, 4.69) is 28.3 Å². The highest BCUT2D eigenvalue weighted by Crippen LogP contribution is 2.32. The first-order valence-corrected chi connectivity index (χ1v) is 6.24. The quantitative estimate of drug-likeness (QED) is 0.791. The van der Waals surface area contributed by atoms with Crippen LogP contribution in [0.1, 0.15) is 16.8 Å². The summed E-state index contributed by atoms with van der Waals surface area (Å²) in [4.78, 5) is 15.7. The lowest BCUT2D eigenvalue weighted by Gasteiger charge is -2.20. The molecule has 1 unspecified atom stereocenters. The molecule has 7 heteroatoms. The second-order valence-corrected chi connectivity index (χ2v) is 5.22. The van der Waals surface area contributed by atoms with E-state index in [1.54, 1.807) is 0 Å². The third kappa shape index (κ3) is 2.20. The Hall–Kier alpha value is -1.34. The lowest BCUT2D eigenvalue weighted by atomic mass is 10.2. The number of primary amides is 1. The second-order valence-electron chi connectivity index (χ2n) is 4.46. The summed E-state index contributed by atoms with van der Waals surface area (Å²) < 4.78 is 4.02. The Labute approximate surface area is 104 Å². The molecule has 0 aliphatic carbocycles. The number of amides is 1. The number of carbonyl (C=O) groups excluding carboxylic acids is 1. The Kier molecular flexibility index (Phi) is 3.21. The smallest absolute Gasteiger partial charge is 0.255 e. The predicted octanol–water partition coefficient (Wildman–Crippen LogP) is -0.0355. The van der Waals surface area contributed by atoms with E-state index in [-0.39, 0.29) is 5.82 Å². The summed E-state index contributed by atoms with van der Waals surface area (Å²) in [7, 11) is 4.12. The first-order chi connectivity index (χ1) is 8.00. The number of anilines is 2. The average Bonchev–Trinajstić information content (AvgIpc) is 2.82. The zero-order valence-corrected chi connectivity index (χ0v) is 10.8. The van der Waals surface area contributed by atoms with Crippen LogP contribution < -0.4 is 16.4 Å². The number of likely N-dealkylation sites (N-methyl/N-ethyl adjacent to an activating group) is 1. The van der Waals surface area contributed by atoms with Crippen LogP contribution in [0.25, 0.3) is 0 Å². The van der Waals surface area contributed by atoms with Gasteiger partial charge in [-0.05, 0) is 32.0 Å². The van der Waals surface area contributed by atoms with Crippen molar-refractivity contribution >= 4 is 28.3 Å². The highest BCUT2D eigenvalue weighted by Gasteiger charge is 2.29. The van der Waals surface area contributed by atoms with Crippen molar-refractivity contribution in [1.29, 1.82) is 0 Å². The topological polar surface area (TPSA) is 88.5 Å². The highest BCUT2D eigenvalue weighted by molar-refractivity contribution is 7.11. The minimum atomic E-state index is -0.500. The molecule has 6 nitrogen and oxygen atoms in total. The summed E-state index contributed by atoms with van der Waals surface area (Å²) in [5, 5.41) is 0.805. The summed E-state index contributed by atoms with van der Waals surface area (Å²) in [6, 6.07) is 0.499. The molecule has 1 aromatic heterocycles. The first-order valence-electron chi connectivity index (χ1n) is 5.47. The Bertz CT molecular complexity index is 430. The van der Waals surface area contributed by atoms with Gasteiger partial charge in [0.05, 0.1) is 0 Å². The van der Waals surface area contributed by atoms with Crippen LogP contribution in [0.15, 0.2) is 0 Å². The number of carbonyl (C=O) groups is 1. The van der Waals surface area contributed by atoms with Gasteiger partial charge in [-0.3, -0.25) is 4.79 Å². The maximum absolute atomic E-state index is 11.3. The van der Waals surface area contributed by atoms with Gasteiger partial charge in [-0.2, -0.15) is 4.37 Å².